The first-order chi connectivity index (χ1) is 11.8. The highest BCUT2D eigenvalue weighted by Gasteiger charge is 2.19. The molecule has 1 aliphatic rings. The Bertz CT molecular complexity index is 993. The SMILES string of the molecule is O=c1n(-c2ccccc2)c2c(n1-c1ccc(Br)cc1)C=CCC=C2. The molecule has 0 N–H and O–H groups in total. The van der Waals surface area contributed by atoms with Crippen molar-refractivity contribution >= 4 is 28.1 Å². The first-order valence-corrected chi connectivity index (χ1v) is 8.57. The first kappa shape index (κ1) is 15.0. The largest absolute Gasteiger partial charge is 0.338 e. The smallest absolute Gasteiger partial charge is 0.260 e. The predicted molar refractivity (Wildman–Crippen MR) is 102 cm³/mol. The standard InChI is InChI=1S/C20H15BrN2O/c21-15-11-13-17(14-12-15)23-19-10-6-2-5-9-18(19)22(20(23)24)16-7-3-1-4-8-16/h1,3-14H,2H2. The van der Waals surface area contributed by atoms with Crippen molar-refractivity contribution in [2.45, 2.75) is 6.42 Å². The molecule has 0 aliphatic heterocycles. The van der Waals surface area contributed by atoms with Gasteiger partial charge in [0.25, 0.3) is 0 Å². The molecule has 118 valence electrons. The van der Waals surface area contributed by atoms with Gasteiger partial charge in [-0.3, -0.25) is 9.13 Å². The van der Waals surface area contributed by atoms with Gasteiger partial charge >= 0.3 is 5.69 Å². The number of aromatic nitrogens is 2. The second-order valence-electron chi connectivity index (χ2n) is 5.58. The van der Waals surface area contributed by atoms with Gasteiger partial charge in [-0.25, -0.2) is 4.79 Å². The Labute approximate surface area is 148 Å². The number of benzene rings is 2. The van der Waals surface area contributed by atoms with E-state index in [2.05, 4.69) is 28.1 Å². The fourth-order valence-corrected chi connectivity index (χ4v) is 3.22. The monoisotopic (exact) mass is 378 g/mol. The first-order valence-electron chi connectivity index (χ1n) is 7.78. The minimum Gasteiger partial charge on any atom is -0.260 e. The van der Waals surface area contributed by atoms with Crippen LogP contribution in [0.5, 0.6) is 0 Å². The van der Waals surface area contributed by atoms with Crippen molar-refractivity contribution in [3.63, 3.8) is 0 Å². The maximum atomic E-state index is 13.2. The fraction of sp³-hybridized carbons (Fsp3) is 0.0500. The van der Waals surface area contributed by atoms with Crippen LogP contribution in [0.4, 0.5) is 0 Å². The van der Waals surface area contributed by atoms with Crippen LogP contribution in [0.1, 0.15) is 17.8 Å². The van der Waals surface area contributed by atoms with E-state index in [1.807, 2.05) is 66.7 Å². The molecule has 3 nitrogen and oxygen atoms in total. The zero-order valence-electron chi connectivity index (χ0n) is 12.9. The number of nitrogens with zero attached hydrogens (tertiary/aromatic N) is 2. The highest BCUT2D eigenvalue weighted by atomic mass is 79.9. The van der Waals surface area contributed by atoms with Crippen LogP contribution in [0.25, 0.3) is 23.5 Å². The highest BCUT2D eigenvalue weighted by Crippen LogP contribution is 2.23. The van der Waals surface area contributed by atoms with Gasteiger partial charge < -0.3 is 0 Å². The van der Waals surface area contributed by atoms with Crippen molar-refractivity contribution in [1.29, 1.82) is 0 Å². The summed E-state index contributed by atoms with van der Waals surface area (Å²) >= 11 is 3.45. The number of rotatable bonds is 2. The van der Waals surface area contributed by atoms with E-state index in [1.165, 1.54) is 0 Å². The van der Waals surface area contributed by atoms with E-state index in [4.69, 9.17) is 0 Å². The van der Waals surface area contributed by atoms with Gasteiger partial charge in [-0.15, -0.1) is 0 Å². The van der Waals surface area contributed by atoms with Crippen LogP contribution in [0.2, 0.25) is 0 Å². The Morgan fingerprint density at radius 3 is 1.88 bits per heavy atom. The van der Waals surface area contributed by atoms with Crippen LogP contribution >= 0.6 is 15.9 Å². The molecule has 1 aliphatic carbocycles. The third-order valence-corrected chi connectivity index (χ3v) is 4.58. The van der Waals surface area contributed by atoms with Crippen LogP contribution in [0.3, 0.4) is 0 Å². The van der Waals surface area contributed by atoms with E-state index in [0.717, 1.165) is 33.7 Å². The zero-order chi connectivity index (χ0) is 16.5. The van der Waals surface area contributed by atoms with E-state index in [1.54, 1.807) is 9.13 Å². The Balaban J connectivity index is 2.05. The van der Waals surface area contributed by atoms with Crippen LogP contribution in [-0.4, -0.2) is 9.13 Å². The summed E-state index contributed by atoms with van der Waals surface area (Å²) in [5.74, 6) is 0. The number of hydrogen-bond acceptors (Lipinski definition) is 1. The molecule has 0 radical (unpaired) electrons. The number of hydrogen-bond donors (Lipinski definition) is 0. The molecule has 0 saturated heterocycles. The summed E-state index contributed by atoms with van der Waals surface area (Å²) in [5, 5.41) is 0. The molecule has 0 unspecified atom stereocenters. The third kappa shape index (κ3) is 2.49. The average molecular weight is 379 g/mol. The Morgan fingerprint density at radius 1 is 0.750 bits per heavy atom. The molecule has 24 heavy (non-hydrogen) atoms. The second-order valence-corrected chi connectivity index (χ2v) is 6.49. The molecule has 0 atom stereocenters. The molecule has 2 aromatic carbocycles. The van der Waals surface area contributed by atoms with Crippen LogP contribution in [-0.2, 0) is 0 Å². The molecule has 0 saturated carbocycles. The molecule has 4 rings (SSSR count). The summed E-state index contributed by atoms with van der Waals surface area (Å²) in [6, 6.07) is 17.5. The van der Waals surface area contributed by atoms with Gasteiger partial charge in [-0.1, -0.05) is 46.3 Å². The average Bonchev–Trinajstić information content (AvgIpc) is 2.75. The van der Waals surface area contributed by atoms with Crippen LogP contribution in [0, 0.1) is 0 Å². The lowest BCUT2D eigenvalue weighted by Crippen LogP contribution is -2.22. The minimum atomic E-state index is -0.0651. The lowest BCUT2D eigenvalue weighted by Gasteiger charge is -2.04. The minimum absolute atomic E-state index is 0.0651. The molecule has 0 amide bonds. The molecular weight excluding hydrogens is 364 g/mol. The Hall–Kier alpha value is -2.59. The van der Waals surface area contributed by atoms with Gasteiger partial charge in [0.05, 0.1) is 22.8 Å². The van der Waals surface area contributed by atoms with E-state index in [0.29, 0.717) is 0 Å². The van der Waals surface area contributed by atoms with Crippen LogP contribution in [0.15, 0.2) is 76.0 Å². The van der Waals surface area contributed by atoms with Crippen molar-refractivity contribution in [2.24, 2.45) is 0 Å². The topological polar surface area (TPSA) is 26.9 Å². The van der Waals surface area contributed by atoms with Crippen molar-refractivity contribution < 1.29 is 0 Å². The lowest BCUT2D eigenvalue weighted by molar-refractivity contribution is 0.902. The number of halogens is 1. The van der Waals surface area contributed by atoms with Gasteiger partial charge in [0.15, 0.2) is 0 Å². The second kappa shape index (κ2) is 6.13. The third-order valence-electron chi connectivity index (χ3n) is 4.05. The summed E-state index contributed by atoms with van der Waals surface area (Å²) in [4.78, 5) is 13.2. The Kier molecular flexibility index (Phi) is 3.82. The van der Waals surface area contributed by atoms with Gasteiger partial charge in [0, 0.05) is 4.47 Å². The molecule has 3 aromatic rings. The Morgan fingerprint density at radius 2 is 1.29 bits per heavy atom. The van der Waals surface area contributed by atoms with Crippen molar-refractivity contribution in [3.05, 3.63) is 93.1 Å². The van der Waals surface area contributed by atoms with Crippen molar-refractivity contribution in [1.82, 2.24) is 9.13 Å². The van der Waals surface area contributed by atoms with Crippen LogP contribution < -0.4 is 5.69 Å². The lowest BCUT2D eigenvalue weighted by atomic mass is 10.2. The maximum absolute atomic E-state index is 13.2. The molecule has 0 bridgehead atoms. The maximum Gasteiger partial charge on any atom is 0.338 e. The number of fused-ring (bicyclic) bond motifs is 1. The normalized spacial score (nSPS) is 12.9. The quantitative estimate of drug-likeness (QED) is 0.627. The van der Waals surface area contributed by atoms with E-state index < -0.39 is 0 Å². The number of imidazole rings is 1. The summed E-state index contributed by atoms with van der Waals surface area (Å²) in [6.07, 6.45) is 9.06. The van der Waals surface area contributed by atoms with E-state index in [9.17, 15) is 4.79 Å². The van der Waals surface area contributed by atoms with Gasteiger partial charge in [0.1, 0.15) is 0 Å². The highest BCUT2D eigenvalue weighted by molar-refractivity contribution is 9.10. The summed E-state index contributed by atoms with van der Waals surface area (Å²) < 4.78 is 4.52. The fourth-order valence-electron chi connectivity index (χ4n) is 2.96. The summed E-state index contributed by atoms with van der Waals surface area (Å²) in [7, 11) is 0. The molecule has 1 aromatic heterocycles. The van der Waals surface area contributed by atoms with E-state index >= 15 is 0 Å². The van der Waals surface area contributed by atoms with Gasteiger partial charge in [0.2, 0.25) is 0 Å². The summed E-state index contributed by atoms with van der Waals surface area (Å²) in [5.41, 5.74) is 3.47. The predicted octanol–water partition coefficient (Wildman–Crippen LogP) is 4.82. The molecular formula is C20H15BrN2O. The molecule has 0 spiro atoms. The molecule has 1 heterocycles. The number of allylic oxidation sites excluding steroid dienone is 2. The molecule has 4 heteroatoms. The van der Waals surface area contributed by atoms with Crippen molar-refractivity contribution in [3.8, 4) is 11.4 Å². The molecule has 0 fully saturated rings. The zero-order valence-corrected chi connectivity index (χ0v) is 14.5. The van der Waals surface area contributed by atoms with Gasteiger partial charge in [-0.2, -0.15) is 0 Å². The van der Waals surface area contributed by atoms with Gasteiger partial charge in [-0.05, 0) is 55.0 Å². The number of para-hydroxylation sites is 1. The van der Waals surface area contributed by atoms with E-state index in [-0.39, 0.29) is 5.69 Å². The summed E-state index contributed by atoms with van der Waals surface area (Å²) in [6.45, 7) is 0. The van der Waals surface area contributed by atoms with Crippen molar-refractivity contribution in [2.75, 3.05) is 0 Å².